The van der Waals surface area contributed by atoms with Crippen molar-refractivity contribution in [2.24, 2.45) is 0 Å². The summed E-state index contributed by atoms with van der Waals surface area (Å²) in [6, 6.07) is 0. The molecule has 5 nitrogen and oxygen atoms in total. The second-order valence-electron chi connectivity index (χ2n) is 3.11. The second-order valence-corrected chi connectivity index (χ2v) is 3.11. The van der Waals surface area contributed by atoms with E-state index in [-0.39, 0.29) is 0 Å². The molecule has 0 aliphatic rings. The Morgan fingerprint density at radius 1 is 1.11 bits per heavy atom. The molecule has 0 unspecified atom stereocenters. The van der Waals surface area contributed by atoms with E-state index in [1.165, 1.54) is 0 Å². The molecule has 1 rings (SSSR count). The summed E-state index contributed by atoms with van der Waals surface area (Å²) in [5, 5.41) is 10.6. The first-order chi connectivity index (χ1) is 8.36. The highest BCUT2D eigenvalue weighted by Gasteiger charge is 2.32. The van der Waals surface area contributed by atoms with Crippen LogP contribution in [0.1, 0.15) is 20.7 Å². The molecule has 0 heterocycles. The Morgan fingerprint density at radius 2 is 1.67 bits per heavy atom. The first-order valence-corrected chi connectivity index (χ1v) is 4.56. The van der Waals surface area contributed by atoms with Gasteiger partial charge in [-0.25, -0.2) is 13.6 Å². The van der Waals surface area contributed by atoms with Gasteiger partial charge in [-0.3, -0.25) is 4.79 Å². The Kier molecular flexibility index (Phi) is 3.79. The van der Waals surface area contributed by atoms with Gasteiger partial charge in [0.05, 0.1) is 12.7 Å². The summed E-state index contributed by atoms with van der Waals surface area (Å²) >= 11 is 0. The van der Waals surface area contributed by atoms with Gasteiger partial charge in [-0.1, -0.05) is 0 Å². The number of carbonyl (C=O) groups excluding carboxylic acids is 1. The van der Waals surface area contributed by atoms with Gasteiger partial charge in [-0.2, -0.15) is 4.39 Å². The summed E-state index contributed by atoms with van der Waals surface area (Å²) in [5.41, 5.74) is -2.51. The first kappa shape index (κ1) is 13.8. The van der Waals surface area contributed by atoms with Gasteiger partial charge in [0.2, 0.25) is 5.82 Å². The van der Waals surface area contributed by atoms with E-state index in [1.54, 1.807) is 0 Å². The van der Waals surface area contributed by atoms with Crippen LogP contribution in [0.5, 0.6) is 5.75 Å². The van der Waals surface area contributed by atoms with E-state index < -0.39 is 46.2 Å². The van der Waals surface area contributed by atoms with Gasteiger partial charge >= 0.3 is 5.97 Å². The van der Waals surface area contributed by atoms with Gasteiger partial charge in [-0.05, 0) is 0 Å². The normalized spacial score (nSPS) is 10.1. The molecule has 0 aromatic heterocycles. The van der Waals surface area contributed by atoms with Crippen molar-refractivity contribution in [3.8, 4) is 5.75 Å². The smallest absolute Gasteiger partial charge is 0.339 e. The fourth-order valence-corrected chi connectivity index (χ4v) is 1.36. The fourth-order valence-electron chi connectivity index (χ4n) is 1.36. The summed E-state index contributed by atoms with van der Waals surface area (Å²) in [6.07, 6.45) is 0. The van der Waals surface area contributed by atoms with E-state index in [0.717, 1.165) is 14.2 Å². The molecule has 0 saturated carbocycles. The molecule has 0 saturated heterocycles. The number of amides is 1. The van der Waals surface area contributed by atoms with Crippen molar-refractivity contribution in [1.29, 1.82) is 0 Å². The van der Waals surface area contributed by atoms with E-state index in [1.807, 2.05) is 5.32 Å². The molecule has 0 spiro atoms. The van der Waals surface area contributed by atoms with Crippen molar-refractivity contribution in [3.63, 3.8) is 0 Å². The fraction of sp³-hybridized carbons (Fsp3) is 0.200. The third-order valence-electron chi connectivity index (χ3n) is 2.15. The molecule has 0 bridgehead atoms. The molecular formula is C10H8F3NO4. The highest BCUT2D eigenvalue weighted by atomic mass is 19.2. The van der Waals surface area contributed by atoms with Crippen LogP contribution in [0, 0.1) is 17.5 Å². The lowest BCUT2D eigenvalue weighted by atomic mass is 10.0. The number of nitrogens with one attached hydrogen (secondary N) is 1. The quantitative estimate of drug-likeness (QED) is 0.803. The minimum absolute atomic E-state index is 0.856. The molecule has 1 amide bonds. The monoisotopic (exact) mass is 263 g/mol. The SMILES string of the molecule is CNC(=O)c1c(F)c(OC)c(F)c(F)c1C(=O)O. The summed E-state index contributed by atoms with van der Waals surface area (Å²) in [7, 11) is 1.94. The number of aromatic carboxylic acids is 1. The molecule has 18 heavy (non-hydrogen) atoms. The van der Waals surface area contributed by atoms with Crippen LogP contribution in [-0.2, 0) is 0 Å². The zero-order chi connectivity index (χ0) is 14.0. The van der Waals surface area contributed by atoms with Crippen molar-refractivity contribution in [2.75, 3.05) is 14.2 Å². The molecular weight excluding hydrogens is 255 g/mol. The Labute approximate surface area is 99.2 Å². The first-order valence-electron chi connectivity index (χ1n) is 4.56. The van der Waals surface area contributed by atoms with Crippen molar-refractivity contribution in [3.05, 3.63) is 28.6 Å². The zero-order valence-electron chi connectivity index (χ0n) is 9.31. The molecule has 1 aromatic carbocycles. The van der Waals surface area contributed by atoms with E-state index in [2.05, 4.69) is 4.74 Å². The van der Waals surface area contributed by atoms with Gasteiger partial charge in [0.1, 0.15) is 5.56 Å². The summed E-state index contributed by atoms with van der Waals surface area (Å²) in [4.78, 5) is 22.1. The Balaban J connectivity index is 3.80. The molecule has 0 radical (unpaired) electrons. The number of carbonyl (C=O) groups is 2. The molecule has 0 atom stereocenters. The number of halogens is 3. The zero-order valence-corrected chi connectivity index (χ0v) is 9.31. The molecule has 8 heteroatoms. The third kappa shape index (κ3) is 1.96. The van der Waals surface area contributed by atoms with E-state index in [9.17, 15) is 22.8 Å². The van der Waals surface area contributed by atoms with Gasteiger partial charge < -0.3 is 15.2 Å². The highest BCUT2D eigenvalue weighted by molar-refractivity contribution is 6.05. The van der Waals surface area contributed by atoms with Crippen LogP contribution in [0.2, 0.25) is 0 Å². The standard InChI is InChI=1S/C10H8F3NO4/c1-14-9(15)3-4(10(16)17)5(11)7(13)8(18-2)6(3)12/h1-2H3,(H,14,15)(H,16,17). The Hall–Kier alpha value is -2.25. The van der Waals surface area contributed by atoms with Crippen molar-refractivity contribution in [2.45, 2.75) is 0 Å². The van der Waals surface area contributed by atoms with Crippen LogP contribution in [0.3, 0.4) is 0 Å². The van der Waals surface area contributed by atoms with Gasteiger partial charge in [0.15, 0.2) is 17.4 Å². The maximum Gasteiger partial charge on any atom is 0.339 e. The minimum atomic E-state index is -1.97. The van der Waals surface area contributed by atoms with Crippen molar-refractivity contribution < 1.29 is 32.6 Å². The van der Waals surface area contributed by atoms with Crippen LogP contribution in [0.25, 0.3) is 0 Å². The molecule has 98 valence electrons. The van der Waals surface area contributed by atoms with Crippen LogP contribution in [0.15, 0.2) is 0 Å². The summed E-state index contributed by atoms with van der Waals surface area (Å²) in [6.45, 7) is 0. The molecule has 0 fully saturated rings. The number of carboxylic acid groups (broad SMARTS) is 1. The number of ether oxygens (including phenoxy) is 1. The number of rotatable bonds is 3. The predicted octanol–water partition coefficient (Wildman–Crippen LogP) is 1.17. The second kappa shape index (κ2) is 4.94. The van der Waals surface area contributed by atoms with Crippen LogP contribution >= 0.6 is 0 Å². The van der Waals surface area contributed by atoms with Crippen molar-refractivity contribution in [1.82, 2.24) is 5.32 Å². The lowest BCUT2D eigenvalue weighted by Gasteiger charge is -2.12. The van der Waals surface area contributed by atoms with Crippen LogP contribution in [-0.4, -0.2) is 31.1 Å². The average molecular weight is 263 g/mol. The molecule has 1 aromatic rings. The van der Waals surface area contributed by atoms with E-state index >= 15 is 0 Å². The summed E-state index contributed by atoms with van der Waals surface area (Å²) < 4.78 is 44.7. The van der Waals surface area contributed by atoms with E-state index in [0.29, 0.717) is 0 Å². The summed E-state index contributed by atoms with van der Waals surface area (Å²) in [5.74, 6) is -9.57. The lowest BCUT2D eigenvalue weighted by Crippen LogP contribution is -2.25. The average Bonchev–Trinajstić information content (AvgIpc) is 2.32. The molecule has 0 aliphatic heterocycles. The predicted molar refractivity (Wildman–Crippen MR) is 53.2 cm³/mol. The highest BCUT2D eigenvalue weighted by Crippen LogP contribution is 2.30. The maximum atomic E-state index is 13.7. The number of hydrogen-bond acceptors (Lipinski definition) is 3. The maximum absolute atomic E-state index is 13.7. The Bertz CT molecular complexity index is 531. The van der Waals surface area contributed by atoms with Crippen LogP contribution < -0.4 is 10.1 Å². The largest absolute Gasteiger partial charge is 0.491 e. The number of carboxylic acids is 1. The minimum Gasteiger partial charge on any atom is -0.491 e. The molecule has 0 aliphatic carbocycles. The van der Waals surface area contributed by atoms with Gasteiger partial charge in [0, 0.05) is 7.05 Å². The van der Waals surface area contributed by atoms with Gasteiger partial charge in [0.25, 0.3) is 5.91 Å². The number of benzene rings is 1. The van der Waals surface area contributed by atoms with E-state index in [4.69, 9.17) is 5.11 Å². The van der Waals surface area contributed by atoms with Crippen LogP contribution in [0.4, 0.5) is 13.2 Å². The number of methoxy groups -OCH3 is 1. The third-order valence-corrected chi connectivity index (χ3v) is 2.15. The topological polar surface area (TPSA) is 75.6 Å². The number of hydrogen-bond donors (Lipinski definition) is 2. The van der Waals surface area contributed by atoms with Gasteiger partial charge in [-0.15, -0.1) is 0 Å². The van der Waals surface area contributed by atoms with Crippen molar-refractivity contribution >= 4 is 11.9 Å². The lowest BCUT2D eigenvalue weighted by molar-refractivity contribution is 0.0683. The molecule has 2 N–H and O–H groups in total. The Morgan fingerprint density at radius 3 is 2.06 bits per heavy atom.